The number of hydrogen-bond acceptors (Lipinski definition) is 2. The summed E-state index contributed by atoms with van der Waals surface area (Å²) in [5.41, 5.74) is 5.40. The molecule has 0 spiro atoms. The van der Waals surface area contributed by atoms with Crippen LogP contribution in [0.15, 0.2) is 42.5 Å². The van der Waals surface area contributed by atoms with Crippen LogP contribution < -0.4 is 10.5 Å². The van der Waals surface area contributed by atoms with Gasteiger partial charge in [-0.25, -0.2) is 4.39 Å². The molecular formula is C15H13F4NO. The van der Waals surface area contributed by atoms with Gasteiger partial charge in [-0.15, -0.1) is 0 Å². The Balaban J connectivity index is 2.21. The molecule has 2 N–H and O–H groups in total. The fraction of sp³-hybridized carbons (Fsp3) is 0.200. The fourth-order valence-corrected chi connectivity index (χ4v) is 1.85. The van der Waals surface area contributed by atoms with Crippen LogP contribution in [0.5, 0.6) is 5.75 Å². The smallest absolute Gasteiger partial charge is 0.419 e. The van der Waals surface area contributed by atoms with E-state index in [9.17, 15) is 17.6 Å². The summed E-state index contributed by atoms with van der Waals surface area (Å²) in [4.78, 5) is 0. The second-order valence-electron chi connectivity index (χ2n) is 4.41. The van der Waals surface area contributed by atoms with E-state index in [1.165, 1.54) is 36.4 Å². The highest BCUT2D eigenvalue weighted by Crippen LogP contribution is 2.36. The first kappa shape index (κ1) is 15.3. The zero-order valence-electron chi connectivity index (χ0n) is 11.0. The van der Waals surface area contributed by atoms with Crippen LogP contribution >= 0.6 is 0 Å². The molecule has 2 aromatic rings. The summed E-state index contributed by atoms with van der Waals surface area (Å²) in [6, 6.07) is 9.03. The topological polar surface area (TPSA) is 35.2 Å². The Kier molecular flexibility index (Phi) is 4.47. The second kappa shape index (κ2) is 6.13. The Morgan fingerprint density at radius 1 is 1.05 bits per heavy atom. The summed E-state index contributed by atoms with van der Waals surface area (Å²) in [7, 11) is 0. The molecule has 0 atom stereocenters. The van der Waals surface area contributed by atoms with Gasteiger partial charge in [0.1, 0.15) is 18.2 Å². The largest absolute Gasteiger partial charge is 0.488 e. The average molecular weight is 299 g/mol. The molecule has 112 valence electrons. The van der Waals surface area contributed by atoms with Crippen molar-refractivity contribution in [2.24, 2.45) is 5.73 Å². The molecule has 0 aliphatic carbocycles. The molecule has 0 aliphatic rings. The van der Waals surface area contributed by atoms with Crippen molar-refractivity contribution in [3.05, 3.63) is 65.0 Å². The predicted molar refractivity (Wildman–Crippen MR) is 70.1 cm³/mol. The first-order chi connectivity index (χ1) is 9.91. The van der Waals surface area contributed by atoms with Gasteiger partial charge in [-0.3, -0.25) is 0 Å². The van der Waals surface area contributed by atoms with Gasteiger partial charge in [0.25, 0.3) is 0 Å². The molecule has 2 aromatic carbocycles. The van der Waals surface area contributed by atoms with Gasteiger partial charge in [-0.2, -0.15) is 13.2 Å². The highest BCUT2D eigenvalue weighted by Gasteiger charge is 2.34. The first-order valence-electron chi connectivity index (χ1n) is 6.18. The van der Waals surface area contributed by atoms with Crippen molar-refractivity contribution in [1.82, 2.24) is 0 Å². The van der Waals surface area contributed by atoms with Crippen LogP contribution in [-0.4, -0.2) is 0 Å². The van der Waals surface area contributed by atoms with Crippen LogP contribution in [0.4, 0.5) is 17.6 Å². The SMILES string of the molecule is NCc1ccc(F)c(COc2ccccc2C(F)(F)F)c1. The van der Waals surface area contributed by atoms with Crippen molar-refractivity contribution in [2.45, 2.75) is 19.3 Å². The van der Waals surface area contributed by atoms with E-state index in [1.54, 1.807) is 0 Å². The molecule has 0 aliphatic heterocycles. The van der Waals surface area contributed by atoms with Crippen LogP contribution in [0, 0.1) is 5.82 Å². The zero-order valence-corrected chi connectivity index (χ0v) is 11.0. The molecule has 0 heterocycles. The van der Waals surface area contributed by atoms with E-state index >= 15 is 0 Å². The first-order valence-corrected chi connectivity index (χ1v) is 6.18. The molecule has 0 aromatic heterocycles. The predicted octanol–water partition coefficient (Wildman–Crippen LogP) is 3.88. The molecule has 0 saturated carbocycles. The fourth-order valence-electron chi connectivity index (χ4n) is 1.85. The lowest BCUT2D eigenvalue weighted by molar-refractivity contribution is -0.139. The summed E-state index contributed by atoms with van der Waals surface area (Å²) < 4.78 is 57.1. The van der Waals surface area contributed by atoms with E-state index in [2.05, 4.69) is 0 Å². The third-order valence-corrected chi connectivity index (χ3v) is 2.92. The summed E-state index contributed by atoms with van der Waals surface area (Å²) >= 11 is 0. The number of alkyl halides is 3. The van der Waals surface area contributed by atoms with E-state index in [4.69, 9.17) is 10.5 Å². The number of halogens is 4. The van der Waals surface area contributed by atoms with Crippen molar-refractivity contribution < 1.29 is 22.3 Å². The minimum atomic E-state index is -4.52. The number of ether oxygens (including phenoxy) is 1. The van der Waals surface area contributed by atoms with Gasteiger partial charge >= 0.3 is 6.18 Å². The van der Waals surface area contributed by atoms with Gasteiger partial charge in [-0.05, 0) is 29.8 Å². The molecule has 2 nitrogen and oxygen atoms in total. The van der Waals surface area contributed by atoms with Crippen LogP contribution in [0.1, 0.15) is 16.7 Å². The highest BCUT2D eigenvalue weighted by molar-refractivity contribution is 5.36. The molecule has 2 rings (SSSR count). The van der Waals surface area contributed by atoms with Gasteiger partial charge in [0, 0.05) is 12.1 Å². The summed E-state index contributed by atoms with van der Waals surface area (Å²) in [5, 5.41) is 0. The highest BCUT2D eigenvalue weighted by atomic mass is 19.4. The van der Waals surface area contributed by atoms with Gasteiger partial charge < -0.3 is 10.5 Å². The van der Waals surface area contributed by atoms with Gasteiger partial charge in [0.2, 0.25) is 0 Å². The van der Waals surface area contributed by atoms with Crippen LogP contribution in [0.25, 0.3) is 0 Å². The Morgan fingerprint density at radius 2 is 1.76 bits per heavy atom. The zero-order chi connectivity index (χ0) is 15.5. The molecule has 0 radical (unpaired) electrons. The summed E-state index contributed by atoms with van der Waals surface area (Å²) in [6.07, 6.45) is -4.52. The maximum atomic E-state index is 13.6. The Bertz CT molecular complexity index is 625. The lowest BCUT2D eigenvalue weighted by Gasteiger charge is -2.14. The molecule has 0 amide bonds. The van der Waals surface area contributed by atoms with Gasteiger partial charge in [-0.1, -0.05) is 18.2 Å². The number of hydrogen-bond donors (Lipinski definition) is 1. The van der Waals surface area contributed by atoms with Crippen molar-refractivity contribution in [2.75, 3.05) is 0 Å². The molecule has 0 fully saturated rings. The Hall–Kier alpha value is -2.08. The van der Waals surface area contributed by atoms with E-state index < -0.39 is 17.6 Å². The van der Waals surface area contributed by atoms with Crippen molar-refractivity contribution in [3.63, 3.8) is 0 Å². The third-order valence-electron chi connectivity index (χ3n) is 2.92. The van der Waals surface area contributed by atoms with Crippen molar-refractivity contribution in [1.29, 1.82) is 0 Å². The monoisotopic (exact) mass is 299 g/mol. The number of benzene rings is 2. The van der Waals surface area contributed by atoms with Crippen molar-refractivity contribution >= 4 is 0 Å². The molecule has 0 unspecified atom stereocenters. The molecule has 0 saturated heterocycles. The number of rotatable bonds is 4. The van der Waals surface area contributed by atoms with Crippen molar-refractivity contribution in [3.8, 4) is 5.75 Å². The minimum absolute atomic E-state index is 0.162. The van der Waals surface area contributed by atoms with Gasteiger partial charge in [0.05, 0.1) is 5.56 Å². The quantitative estimate of drug-likeness (QED) is 0.870. The average Bonchev–Trinajstić information content (AvgIpc) is 2.46. The summed E-state index contributed by atoms with van der Waals surface area (Å²) in [5.74, 6) is -0.876. The second-order valence-corrected chi connectivity index (χ2v) is 4.41. The molecule has 6 heteroatoms. The van der Waals surface area contributed by atoms with E-state index in [-0.39, 0.29) is 24.5 Å². The normalized spacial score (nSPS) is 11.5. The van der Waals surface area contributed by atoms with Crippen LogP contribution in [0.2, 0.25) is 0 Å². The molecule has 0 bridgehead atoms. The maximum absolute atomic E-state index is 13.6. The van der Waals surface area contributed by atoms with E-state index in [0.717, 1.165) is 6.07 Å². The number of para-hydroxylation sites is 1. The van der Waals surface area contributed by atoms with E-state index in [1.807, 2.05) is 0 Å². The number of nitrogens with two attached hydrogens (primary N) is 1. The Labute approximate surface area is 119 Å². The molecule has 21 heavy (non-hydrogen) atoms. The van der Waals surface area contributed by atoms with E-state index in [0.29, 0.717) is 5.56 Å². The standard InChI is InChI=1S/C15H13F4NO/c16-13-6-5-10(8-20)7-11(13)9-21-14-4-2-1-3-12(14)15(17,18)19/h1-7H,8-9,20H2. The lowest BCUT2D eigenvalue weighted by Crippen LogP contribution is -2.09. The maximum Gasteiger partial charge on any atom is 0.419 e. The molecular weight excluding hydrogens is 286 g/mol. The Morgan fingerprint density at radius 3 is 2.43 bits per heavy atom. The summed E-state index contributed by atoms with van der Waals surface area (Å²) in [6.45, 7) is -0.0841. The van der Waals surface area contributed by atoms with Crippen LogP contribution in [-0.2, 0) is 19.3 Å². The van der Waals surface area contributed by atoms with Crippen LogP contribution in [0.3, 0.4) is 0 Å². The van der Waals surface area contributed by atoms with Gasteiger partial charge in [0.15, 0.2) is 0 Å². The third kappa shape index (κ3) is 3.72. The minimum Gasteiger partial charge on any atom is -0.488 e. The lowest BCUT2D eigenvalue weighted by atomic mass is 10.1.